The number of cyclic esters (lactones) is 1. The van der Waals surface area contributed by atoms with E-state index in [1.54, 1.807) is 6.08 Å². The first-order valence-corrected chi connectivity index (χ1v) is 8.35. The molecule has 7 heteroatoms. The van der Waals surface area contributed by atoms with Gasteiger partial charge in [-0.05, 0) is 28.5 Å². The minimum Gasteiger partial charge on any atom is -0.402 e. The molecule has 3 aromatic rings. The number of carbonyl (C=O) groups is 1. The SMILES string of the molecule is O=C1OC(c2cc([N+](=O)[O-])ccc2Cl)=N/C1=C\c1cccc2ccccc12. The van der Waals surface area contributed by atoms with Crippen LogP contribution in [0.1, 0.15) is 11.1 Å². The van der Waals surface area contributed by atoms with Crippen molar-refractivity contribution < 1.29 is 14.5 Å². The molecule has 0 unspecified atom stereocenters. The second-order valence-electron chi connectivity index (χ2n) is 5.83. The number of rotatable bonds is 3. The van der Waals surface area contributed by atoms with E-state index < -0.39 is 10.9 Å². The van der Waals surface area contributed by atoms with Gasteiger partial charge in [-0.3, -0.25) is 10.1 Å². The Kier molecular flexibility index (Phi) is 4.18. The Balaban J connectivity index is 1.79. The van der Waals surface area contributed by atoms with E-state index in [4.69, 9.17) is 16.3 Å². The summed E-state index contributed by atoms with van der Waals surface area (Å²) in [5.41, 5.74) is 0.944. The Morgan fingerprint density at radius 3 is 2.67 bits per heavy atom. The van der Waals surface area contributed by atoms with Crippen LogP contribution in [0.15, 0.2) is 71.4 Å². The largest absolute Gasteiger partial charge is 0.402 e. The Labute approximate surface area is 158 Å². The summed E-state index contributed by atoms with van der Waals surface area (Å²) >= 11 is 6.10. The Bertz CT molecular complexity index is 1160. The van der Waals surface area contributed by atoms with Crippen LogP contribution in [-0.2, 0) is 9.53 Å². The van der Waals surface area contributed by atoms with Gasteiger partial charge < -0.3 is 4.74 Å². The molecule has 1 aliphatic rings. The third kappa shape index (κ3) is 3.18. The lowest BCUT2D eigenvalue weighted by molar-refractivity contribution is -0.384. The smallest absolute Gasteiger partial charge is 0.363 e. The molecule has 0 saturated carbocycles. The zero-order valence-corrected chi connectivity index (χ0v) is 14.5. The van der Waals surface area contributed by atoms with Gasteiger partial charge in [-0.25, -0.2) is 9.79 Å². The molecular formula is C20H11ClN2O4. The lowest BCUT2D eigenvalue weighted by atomic mass is 10.0. The van der Waals surface area contributed by atoms with Crippen LogP contribution in [0.5, 0.6) is 0 Å². The van der Waals surface area contributed by atoms with Gasteiger partial charge in [0.2, 0.25) is 5.90 Å². The van der Waals surface area contributed by atoms with Crippen LogP contribution in [0.2, 0.25) is 5.02 Å². The molecule has 0 radical (unpaired) electrons. The van der Waals surface area contributed by atoms with Crippen molar-refractivity contribution in [2.75, 3.05) is 0 Å². The number of nitrogens with zero attached hydrogens (tertiary/aromatic N) is 2. The lowest BCUT2D eigenvalue weighted by Gasteiger charge is -2.02. The van der Waals surface area contributed by atoms with Gasteiger partial charge in [0.05, 0.1) is 15.5 Å². The maximum atomic E-state index is 12.2. The zero-order chi connectivity index (χ0) is 19.0. The van der Waals surface area contributed by atoms with E-state index in [2.05, 4.69) is 4.99 Å². The highest BCUT2D eigenvalue weighted by atomic mass is 35.5. The van der Waals surface area contributed by atoms with Gasteiger partial charge in [0.15, 0.2) is 5.70 Å². The van der Waals surface area contributed by atoms with Gasteiger partial charge in [-0.15, -0.1) is 0 Å². The average molecular weight is 379 g/mol. The summed E-state index contributed by atoms with van der Waals surface area (Å²) in [4.78, 5) is 26.9. The highest BCUT2D eigenvalue weighted by Gasteiger charge is 2.27. The first-order chi connectivity index (χ1) is 13.0. The van der Waals surface area contributed by atoms with E-state index in [-0.39, 0.29) is 27.9 Å². The molecule has 132 valence electrons. The van der Waals surface area contributed by atoms with E-state index in [1.165, 1.54) is 18.2 Å². The number of aliphatic imine (C=N–C) groups is 1. The Morgan fingerprint density at radius 2 is 1.85 bits per heavy atom. The van der Waals surface area contributed by atoms with E-state index in [1.807, 2.05) is 42.5 Å². The molecule has 0 bridgehead atoms. The predicted octanol–water partition coefficient (Wildman–Crippen LogP) is 4.75. The van der Waals surface area contributed by atoms with Crippen LogP contribution >= 0.6 is 11.6 Å². The number of benzene rings is 3. The quantitative estimate of drug-likeness (QED) is 0.285. The number of halogens is 1. The second-order valence-corrected chi connectivity index (χ2v) is 6.23. The molecule has 0 saturated heterocycles. The predicted molar refractivity (Wildman–Crippen MR) is 103 cm³/mol. The van der Waals surface area contributed by atoms with Crippen LogP contribution in [0.25, 0.3) is 16.8 Å². The number of ether oxygens (including phenoxy) is 1. The van der Waals surface area contributed by atoms with Crippen molar-refractivity contribution in [2.45, 2.75) is 0 Å². The molecule has 4 rings (SSSR count). The fraction of sp³-hybridized carbons (Fsp3) is 0. The minimum atomic E-state index is -0.638. The third-order valence-electron chi connectivity index (χ3n) is 4.13. The summed E-state index contributed by atoms with van der Waals surface area (Å²) in [7, 11) is 0. The number of fused-ring (bicyclic) bond motifs is 1. The van der Waals surface area contributed by atoms with Crippen molar-refractivity contribution in [1.82, 2.24) is 0 Å². The first-order valence-electron chi connectivity index (χ1n) is 7.97. The molecule has 0 amide bonds. The minimum absolute atomic E-state index is 0.0554. The van der Waals surface area contributed by atoms with E-state index >= 15 is 0 Å². The molecule has 1 aliphatic heterocycles. The van der Waals surface area contributed by atoms with Crippen molar-refractivity contribution in [3.63, 3.8) is 0 Å². The molecular weight excluding hydrogens is 368 g/mol. The summed E-state index contributed by atoms with van der Waals surface area (Å²) in [6.45, 7) is 0. The molecule has 1 heterocycles. The maximum absolute atomic E-state index is 12.2. The van der Waals surface area contributed by atoms with Gasteiger partial charge in [0.1, 0.15) is 0 Å². The number of hydrogen-bond donors (Lipinski definition) is 0. The topological polar surface area (TPSA) is 81.8 Å². The maximum Gasteiger partial charge on any atom is 0.363 e. The lowest BCUT2D eigenvalue weighted by Crippen LogP contribution is -2.06. The van der Waals surface area contributed by atoms with E-state index in [9.17, 15) is 14.9 Å². The highest BCUT2D eigenvalue weighted by molar-refractivity contribution is 6.34. The van der Waals surface area contributed by atoms with Crippen LogP contribution in [0.3, 0.4) is 0 Å². The standard InChI is InChI=1S/C20H11ClN2O4/c21-17-9-8-14(23(25)26)11-16(17)19-22-18(20(24)27-19)10-13-6-3-5-12-4-1-2-7-15(12)13/h1-11H/b18-10-. The molecule has 6 nitrogen and oxygen atoms in total. The van der Waals surface area contributed by atoms with Crippen molar-refractivity contribution in [3.05, 3.63) is 92.6 Å². The van der Waals surface area contributed by atoms with Gasteiger partial charge in [0.25, 0.3) is 5.69 Å². The monoisotopic (exact) mass is 378 g/mol. The highest BCUT2D eigenvalue weighted by Crippen LogP contribution is 2.28. The average Bonchev–Trinajstić information content (AvgIpc) is 3.02. The summed E-state index contributed by atoms with van der Waals surface area (Å²) in [6, 6.07) is 17.4. The molecule has 0 spiro atoms. The van der Waals surface area contributed by atoms with Crippen molar-refractivity contribution in [3.8, 4) is 0 Å². The van der Waals surface area contributed by atoms with Crippen LogP contribution in [-0.4, -0.2) is 16.8 Å². The molecule has 0 N–H and O–H groups in total. The summed E-state index contributed by atoms with van der Waals surface area (Å²) in [5, 5.41) is 13.2. The van der Waals surface area contributed by atoms with E-state index in [0.717, 1.165) is 16.3 Å². The molecule has 0 aromatic heterocycles. The van der Waals surface area contributed by atoms with Crippen molar-refractivity contribution in [1.29, 1.82) is 0 Å². The number of nitro groups is 1. The van der Waals surface area contributed by atoms with Crippen molar-refractivity contribution >= 4 is 46.0 Å². The molecule has 27 heavy (non-hydrogen) atoms. The number of esters is 1. The van der Waals surface area contributed by atoms with Crippen LogP contribution < -0.4 is 0 Å². The molecule has 0 aliphatic carbocycles. The van der Waals surface area contributed by atoms with Crippen LogP contribution in [0, 0.1) is 10.1 Å². The van der Waals surface area contributed by atoms with Gasteiger partial charge in [-0.2, -0.15) is 0 Å². The van der Waals surface area contributed by atoms with Gasteiger partial charge in [0, 0.05) is 12.1 Å². The third-order valence-corrected chi connectivity index (χ3v) is 4.46. The molecule has 0 fully saturated rings. The van der Waals surface area contributed by atoms with Gasteiger partial charge in [-0.1, -0.05) is 54.1 Å². The van der Waals surface area contributed by atoms with E-state index in [0.29, 0.717) is 0 Å². The Hall–Kier alpha value is -3.51. The van der Waals surface area contributed by atoms with Gasteiger partial charge >= 0.3 is 5.97 Å². The number of non-ortho nitro benzene ring substituents is 1. The number of carbonyl (C=O) groups excluding carboxylic acids is 1. The first kappa shape index (κ1) is 16.9. The van der Waals surface area contributed by atoms with Crippen molar-refractivity contribution in [2.24, 2.45) is 4.99 Å². The zero-order valence-electron chi connectivity index (χ0n) is 13.8. The molecule has 0 atom stereocenters. The Morgan fingerprint density at radius 1 is 1.07 bits per heavy atom. The number of hydrogen-bond acceptors (Lipinski definition) is 5. The summed E-state index contributed by atoms with van der Waals surface area (Å²) in [6.07, 6.45) is 1.63. The molecule has 3 aromatic carbocycles. The fourth-order valence-electron chi connectivity index (χ4n) is 2.84. The fourth-order valence-corrected chi connectivity index (χ4v) is 3.04. The summed E-state index contributed by atoms with van der Waals surface area (Å²) < 4.78 is 5.20. The number of nitro benzene ring substituents is 1. The second kappa shape index (κ2) is 6.66. The van der Waals surface area contributed by atoms with Crippen LogP contribution in [0.4, 0.5) is 5.69 Å². The summed E-state index contributed by atoms with van der Waals surface area (Å²) in [5.74, 6) is -0.694. The normalized spacial score (nSPS) is 15.1.